The summed E-state index contributed by atoms with van der Waals surface area (Å²) in [4.78, 5) is 39.0. The number of aliphatic hydroxyl groups is 1. The molecule has 2 aliphatic rings. The molecule has 0 aliphatic carbocycles. The second-order valence-electron chi connectivity index (χ2n) is 10.5. The van der Waals surface area contributed by atoms with Crippen molar-refractivity contribution in [1.82, 2.24) is 4.90 Å². The minimum atomic E-state index is -0.961. The van der Waals surface area contributed by atoms with Crippen LogP contribution in [0, 0.1) is 0 Å². The zero-order valence-corrected chi connectivity index (χ0v) is 23.9. The summed E-state index contributed by atoms with van der Waals surface area (Å²) in [6.07, 6.45) is -0.440. The molecule has 2 aliphatic heterocycles. The number of aliphatic hydroxyl groups excluding tert-OH is 1. The molecule has 1 saturated heterocycles. The molecule has 0 aromatic heterocycles. The van der Waals surface area contributed by atoms with Gasteiger partial charge in [-0.2, -0.15) is 0 Å². The van der Waals surface area contributed by atoms with Crippen molar-refractivity contribution >= 4 is 29.5 Å². The second kappa shape index (κ2) is 12.5. The summed E-state index contributed by atoms with van der Waals surface area (Å²) < 4.78 is 12.8. The molecule has 9 heteroatoms. The fourth-order valence-electron chi connectivity index (χ4n) is 5.25. The number of carboxylic acids is 1. The number of thioether (sulfide) groups is 1. The van der Waals surface area contributed by atoms with Crippen LogP contribution in [-0.4, -0.2) is 44.8 Å². The van der Waals surface area contributed by atoms with Gasteiger partial charge in [-0.05, 0) is 53.1 Å². The van der Waals surface area contributed by atoms with Crippen LogP contribution in [0.3, 0.4) is 0 Å². The first kappa shape index (κ1) is 28.8. The fraction of sp³-hybridized carbons (Fsp3) is 0.206. The van der Waals surface area contributed by atoms with Crippen LogP contribution in [0.1, 0.15) is 72.1 Å². The van der Waals surface area contributed by atoms with Crippen LogP contribution in [0.5, 0.6) is 0 Å². The summed E-state index contributed by atoms with van der Waals surface area (Å²) >= 11 is 1.59. The predicted octanol–water partition coefficient (Wildman–Crippen LogP) is 6.01. The topological polar surface area (TPSA) is 113 Å². The average molecular weight is 596 g/mol. The van der Waals surface area contributed by atoms with Gasteiger partial charge in [0.05, 0.1) is 42.0 Å². The molecule has 218 valence electrons. The van der Waals surface area contributed by atoms with E-state index in [1.165, 1.54) is 4.90 Å². The molecule has 1 fully saturated rings. The van der Waals surface area contributed by atoms with Crippen molar-refractivity contribution in [2.75, 3.05) is 5.75 Å². The third-order valence-electron chi connectivity index (χ3n) is 7.62. The van der Waals surface area contributed by atoms with E-state index in [0.29, 0.717) is 23.3 Å². The van der Waals surface area contributed by atoms with Crippen LogP contribution in [0.15, 0.2) is 102 Å². The largest absolute Gasteiger partial charge is 0.478 e. The fourth-order valence-corrected chi connectivity index (χ4v) is 6.17. The molecular weight excluding hydrogens is 566 g/mol. The highest BCUT2D eigenvalue weighted by Crippen LogP contribution is 2.39. The van der Waals surface area contributed by atoms with Gasteiger partial charge >= 0.3 is 5.97 Å². The van der Waals surface area contributed by atoms with Crippen molar-refractivity contribution in [1.29, 1.82) is 0 Å². The highest BCUT2D eigenvalue weighted by molar-refractivity contribution is 7.99. The van der Waals surface area contributed by atoms with E-state index < -0.39 is 12.3 Å². The van der Waals surface area contributed by atoms with Crippen LogP contribution in [0.25, 0.3) is 0 Å². The summed E-state index contributed by atoms with van der Waals surface area (Å²) in [6.45, 7) is 0.128. The van der Waals surface area contributed by atoms with E-state index in [1.54, 1.807) is 60.3 Å². The molecule has 0 radical (unpaired) electrons. The number of rotatable bonds is 9. The third kappa shape index (κ3) is 6.25. The summed E-state index contributed by atoms with van der Waals surface area (Å²) in [5, 5.41) is 18.6. The molecule has 0 unspecified atom stereocenters. The lowest BCUT2D eigenvalue weighted by atomic mass is 10.0. The summed E-state index contributed by atoms with van der Waals surface area (Å²) in [7, 11) is 0. The van der Waals surface area contributed by atoms with Crippen molar-refractivity contribution in [3.05, 3.63) is 136 Å². The number of aromatic carboxylic acids is 1. The Labute approximate surface area is 252 Å². The molecule has 2 heterocycles. The van der Waals surface area contributed by atoms with Gasteiger partial charge in [0, 0.05) is 22.6 Å². The van der Waals surface area contributed by atoms with Gasteiger partial charge in [-0.25, -0.2) is 4.79 Å². The predicted molar refractivity (Wildman–Crippen MR) is 160 cm³/mol. The minimum Gasteiger partial charge on any atom is -0.478 e. The number of nitrogens with zero attached hydrogens (tertiary/aromatic N) is 1. The lowest BCUT2D eigenvalue weighted by Gasteiger charge is -2.36. The molecule has 3 atom stereocenters. The first-order chi connectivity index (χ1) is 20.9. The number of ether oxygens (including phenoxy) is 2. The van der Waals surface area contributed by atoms with E-state index >= 15 is 0 Å². The maximum atomic E-state index is 12.8. The van der Waals surface area contributed by atoms with E-state index in [0.717, 1.165) is 27.1 Å². The summed E-state index contributed by atoms with van der Waals surface area (Å²) in [5.74, 6) is -0.916. The van der Waals surface area contributed by atoms with Gasteiger partial charge in [0.25, 0.3) is 11.8 Å². The number of amides is 2. The number of carbonyl (C=O) groups is 3. The molecule has 4 aromatic carbocycles. The van der Waals surface area contributed by atoms with Gasteiger partial charge < -0.3 is 19.7 Å². The van der Waals surface area contributed by atoms with Crippen LogP contribution in [0.2, 0.25) is 0 Å². The molecule has 4 aromatic rings. The standard InChI is InChI=1S/C34H29NO7S/c36-19-22-7-9-23(10-8-22)30-17-26(20-43-27-15-13-24(14-16-27)33(39)40)41-34(42-30)25-11-5-21(6-12-25)18-35-31(37)28-3-1-2-4-29(28)32(35)38/h1-16,26,30,34,36H,17-20H2,(H,39,40)/t26-,30+,34+/m1/s1. The van der Waals surface area contributed by atoms with Gasteiger partial charge in [0.2, 0.25) is 0 Å². The van der Waals surface area contributed by atoms with Crippen LogP contribution in [-0.2, 0) is 22.6 Å². The van der Waals surface area contributed by atoms with Gasteiger partial charge in [-0.1, -0.05) is 60.7 Å². The van der Waals surface area contributed by atoms with E-state index in [9.17, 15) is 24.6 Å². The Morgan fingerprint density at radius 1 is 0.791 bits per heavy atom. The quantitative estimate of drug-likeness (QED) is 0.179. The molecule has 2 amide bonds. The van der Waals surface area contributed by atoms with Crippen LogP contribution >= 0.6 is 11.8 Å². The molecule has 0 saturated carbocycles. The summed E-state index contributed by atoms with van der Waals surface area (Å²) in [5.41, 5.74) is 4.50. The van der Waals surface area contributed by atoms with Crippen LogP contribution in [0.4, 0.5) is 0 Å². The maximum Gasteiger partial charge on any atom is 0.335 e. The third-order valence-corrected chi connectivity index (χ3v) is 8.77. The zero-order valence-electron chi connectivity index (χ0n) is 23.1. The van der Waals surface area contributed by atoms with E-state index in [2.05, 4.69) is 0 Å². The monoisotopic (exact) mass is 595 g/mol. The number of hydrogen-bond donors (Lipinski definition) is 2. The van der Waals surface area contributed by atoms with Gasteiger partial charge in [-0.3, -0.25) is 14.5 Å². The average Bonchev–Trinajstić information content (AvgIpc) is 3.29. The highest BCUT2D eigenvalue weighted by atomic mass is 32.2. The Morgan fingerprint density at radius 2 is 1.40 bits per heavy atom. The Balaban J connectivity index is 1.17. The number of carbonyl (C=O) groups excluding carboxylic acids is 2. The molecule has 8 nitrogen and oxygen atoms in total. The maximum absolute atomic E-state index is 12.8. The van der Waals surface area contributed by atoms with Crippen molar-refractivity contribution in [2.24, 2.45) is 0 Å². The number of carboxylic acid groups (broad SMARTS) is 1. The lowest BCUT2D eigenvalue weighted by molar-refractivity contribution is -0.245. The zero-order chi connectivity index (χ0) is 29.9. The number of hydrogen-bond acceptors (Lipinski definition) is 7. The second-order valence-corrected chi connectivity index (χ2v) is 11.6. The normalized spacial score (nSPS) is 19.8. The van der Waals surface area contributed by atoms with Crippen molar-refractivity contribution in [3.8, 4) is 0 Å². The van der Waals surface area contributed by atoms with Crippen molar-refractivity contribution in [3.63, 3.8) is 0 Å². The smallest absolute Gasteiger partial charge is 0.335 e. The molecule has 43 heavy (non-hydrogen) atoms. The van der Waals surface area contributed by atoms with E-state index in [1.807, 2.05) is 48.5 Å². The molecule has 2 N–H and O–H groups in total. The number of benzene rings is 4. The molecule has 0 bridgehead atoms. The highest BCUT2D eigenvalue weighted by Gasteiger charge is 2.35. The Hall–Kier alpha value is -4.28. The molecular formula is C34H29NO7S. The number of imide groups is 1. The molecule has 6 rings (SSSR count). The minimum absolute atomic E-state index is 0.0372. The Kier molecular flexibility index (Phi) is 8.40. The molecule has 0 spiro atoms. The first-order valence-electron chi connectivity index (χ1n) is 13.9. The van der Waals surface area contributed by atoms with Crippen LogP contribution < -0.4 is 0 Å². The first-order valence-corrected chi connectivity index (χ1v) is 14.9. The van der Waals surface area contributed by atoms with Gasteiger partial charge in [0.15, 0.2) is 6.29 Å². The lowest BCUT2D eigenvalue weighted by Crippen LogP contribution is -2.31. The van der Waals surface area contributed by atoms with Gasteiger partial charge in [0.1, 0.15) is 0 Å². The van der Waals surface area contributed by atoms with Crippen molar-refractivity contribution in [2.45, 2.75) is 43.0 Å². The van der Waals surface area contributed by atoms with Gasteiger partial charge in [-0.15, -0.1) is 11.8 Å². The SMILES string of the molecule is O=C(O)c1ccc(SC[C@H]2C[C@@H](c3ccc(CO)cc3)O[C@@H](c3ccc(CN4C(=O)c5ccccc5C4=O)cc3)O2)cc1. The number of fused-ring (bicyclic) bond motifs is 1. The van der Waals surface area contributed by atoms with E-state index in [-0.39, 0.29) is 42.7 Å². The Morgan fingerprint density at radius 3 is 2.00 bits per heavy atom. The summed E-state index contributed by atoms with van der Waals surface area (Å²) in [6, 6.07) is 28.8. The van der Waals surface area contributed by atoms with Crippen molar-refractivity contribution < 1.29 is 34.1 Å². The Bertz CT molecular complexity index is 1600. The van der Waals surface area contributed by atoms with E-state index in [4.69, 9.17) is 9.47 Å².